The number of sulfone groups is 1. The monoisotopic (exact) mass is 357 g/mol. The number of nitrogens with one attached hydrogen (secondary N) is 1. The van der Waals surface area contributed by atoms with Gasteiger partial charge < -0.3 is 5.32 Å². The summed E-state index contributed by atoms with van der Waals surface area (Å²) in [7, 11) is -3.45. The zero-order valence-corrected chi connectivity index (χ0v) is 15.4. The summed E-state index contributed by atoms with van der Waals surface area (Å²) in [6.45, 7) is 1.92. The number of amides is 1. The van der Waals surface area contributed by atoms with Crippen LogP contribution in [0.25, 0.3) is 0 Å². The molecule has 1 amide bonds. The van der Waals surface area contributed by atoms with Crippen molar-refractivity contribution in [3.05, 3.63) is 64.7 Å². The van der Waals surface area contributed by atoms with Crippen molar-refractivity contribution in [2.75, 3.05) is 6.26 Å². The first-order chi connectivity index (χ1) is 11.9. The Bertz CT molecular complexity index is 903. The third kappa shape index (κ3) is 3.93. The van der Waals surface area contributed by atoms with E-state index in [0.717, 1.165) is 24.7 Å². The van der Waals surface area contributed by atoms with Gasteiger partial charge in [0.2, 0.25) is 0 Å². The van der Waals surface area contributed by atoms with Crippen LogP contribution in [-0.2, 0) is 22.7 Å². The average Bonchev–Trinajstić information content (AvgIpc) is 2.60. The lowest BCUT2D eigenvalue weighted by atomic mass is 9.89. The highest BCUT2D eigenvalue weighted by atomic mass is 32.2. The fraction of sp³-hybridized carbons (Fsp3) is 0.350. The van der Waals surface area contributed by atoms with Crippen LogP contribution in [0.2, 0.25) is 0 Å². The molecule has 0 unspecified atom stereocenters. The molecule has 3 rings (SSSR count). The van der Waals surface area contributed by atoms with Gasteiger partial charge in [-0.3, -0.25) is 4.79 Å². The second kappa shape index (κ2) is 7.00. The number of carbonyl (C=O) groups excluding carboxylic acids is 1. The van der Waals surface area contributed by atoms with Crippen LogP contribution in [0.5, 0.6) is 0 Å². The van der Waals surface area contributed by atoms with Gasteiger partial charge in [0.15, 0.2) is 9.84 Å². The fourth-order valence-corrected chi connectivity index (χ4v) is 4.24. The highest BCUT2D eigenvalue weighted by molar-refractivity contribution is 7.90. The molecule has 0 saturated carbocycles. The molecule has 2 aromatic rings. The second-order valence-corrected chi connectivity index (χ2v) is 8.68. The molecule has 2 aromatic carbocycles. The molecule has 4 nitrogen and oxygen atoms in total. The number of benzene rings is 2. The molecular weight excluding hydrogens is 334 g/mol. The first-order valence-electron chi connectivity index (χ1n) is 8.58. The molecule has 0 aromatic heterocycles. The van der Waals surface area contributed by atoms with E-state index in [1.54, 1.807) is 18.2 Å². The van der Waals surface area contributed by atoms with Gasteiger partial charge >= 0.3 is 0 Å². The number of carbonyl (C=O) groups is 1. The van der Waals surface area contributed by atoms with E-state index < -0.39 is 9.84 Å². The lowest BCUT2D eigenvalue weighted by molar-refractivity contribution is 0.0936. The Hall–Kier alpha value is -2.14. The Balaban J connectivity index is 1.82. The van der Waals surface area contributed by atoms with Crippen LogP contribution in [0.1, 0.15) is 52.9 Å². The Morgan fingerprint density at radius 2 is 1.72 bits per heavy atom. The summed E-state index contributed by atoms with van der Waals surface area (Å²) in [6, 6.07) is 12.5. The van der Waals surface area contributed by atoms with Crippen LogP contribution in [0.15, 0.2) is 47.4 Å². The quantitative estimate of drug-likeness (QED) is 0.911. The fourth-order valence-electron chi connectivity index (χ4n) is 3.36. The molecular formula is C20H23NO3S. The van der Waals surface area contributed by atoms with Crippen LogP contribution in [0.3, 0.4) is 0 Å². The minimum absolute atomic E-state index is 0.0603. The van der Waals surface area contributed by atoms with E-state index in [9.17, 15) is 13.2 Å². The second-order valence-electron chi connectivity index (χ2n) is 6.70. The maximum atomic E-state index is 12.6. The van der Waals surface area contributed by atoms with Gasteiger partial charge in [-0.05, 0) is 61.4 Å². The lowest BCUT2D eigenvalue weighted by Crippen LogP contribution is -2.28. The van der Waals surface area contributed by atoms with Crippen LogP contribution in [-0.4, -0.2) is 20.6 Å². The Morgan fingerprint density at radius 1 is 1.04 bits per heavy atom. The predicted octanol–water partition coefficient (Wildman–Crippen LogP) is 3.46. The van der Waals surface area contributed by atoms with Crippen molar-refractivity contribution in [3.8, 4) is 0 Å². The molecule has 0 fully saturated rings. The molecule has 25 heavy (non-hydrogen) atoms. The number of fused-ring (bicyclic) bond motifs is 1. The minimum atomic E-state index is -3.45. The maximum absolute atomic E-state index is 12.6. The molecule has 0 saturated heterocycles. The first-order valence-corrected chi connectivity index (χ1v) is 10.5. The van der Waals surface area contributed by atoms with Crippen molar-refractivity contribution >= 4 is 15.7 Å². The normalized spacial score (nSPS) is 15.3. The average molecular weight is 357 g/mol. The van der Waals surface area contributed by atoms with E-state index in [1.807, 2.05) is 6.92 Å². The predicted molar refractivity (Wildman–Crippen MR) is 98.5 cm³/mol. The van der Waals surface area contributed by atoms with E-state index in [1.165, 1.54) is 30.0 Å². The molecule has 0 spiro atoms. The summed E-state index contributed by atoms with van der Waals surface area (Å²) < 4.78 is 23.8. The topological polar surface area (TPSA) is 63.2 Å². The van der Waals surface area contributed by atoms with E-state index in [0.29, 0.717) is 0 Å². The SMILES string of the molecule is C[C@H](NC(=O)c1ccccc1S(C)(=O)=O)c1ccc2c(c1)CCCC2. The molecule has 0 heterocycles. The zero-order valence-electron chi connectivity index (χ0n) is 14.6. The summed E-state index contributed by atoms with van der Waals surface area (Å²) >= 11 is 0. The number of rotatable bonds is 4. The van der Waals surface area contributed by atoms with Gasteiger partial charge in [0.05, 0.1) is 16.5 Å². The van der Waals surface area contributed by atoms with Crippen molar-refractivity contribution in [1.82, 2.24) is 5.32 Å². The molecule has 0 aliphatic heterocycles. The van der Waals surface area contributed by atoms with E-state index in [2.05, 4.69) is 23.5 Å². The van der Waals surface area contributed by atoms with Crippen molar-refractivity contribution in [2.45, 2.75) is 43.5 Å². The van der Waals surface area contributed by atoms with E-state index in [-0.39, 0.29) is 22.4 Å². The van der Waals surface area contributed by atoms with Gasteiger partial charge in [-0.15, -0.1) is 0 Å². The van der Waals surface area contributed by atoms with Crippen LogP contribution >= 0.6 is 0 Å². The third-order valence-corrected chi connectivity index (χ3v) is 5.91. The molecule has 5 heteroatoms. The number of hydrogen-bond acceptors (Lipinski definition) is 3. The van der Waals surface area contributed by atoms with Gasteiger partial charge in [-0.1, -0.05) is 30.3 Å². The minimum Gasteiger partial charge on any atom is -0.345 e. The maximum Gasteiger partial charge on any atom is 0.253 e. The molecule has 1 aliphatic carbocycles. The van der Waals surface area contributed by atoms with E-state index >= 15 is 0 Å². The summed E-state index contributed by atoms with van der Waals surface area (Å²) in [6.07, 6.45) is 5.77. The zero-order chi connectivity index (χ0) is 18.0. The van der Waals surface area contributed by atoms with Crippen LogP contribution < -0.4 is 5.32 Å². The van der Waals surface area contributed by atoms with Crippen molar-refractivity contribution in [1.29, 1.82) is 0 Å². The van der Waals surface area contributed by atoms with Gasteiger partial charge in [0.1, 0.15) is 0 Å². The van der Waals surface area contributed by atoms with Crippen molar-refractivity contribution in [2.24, 2.45) is 0 Å². The third-order valence-electron chi connectivity index (χ3n) is 4.75. The van der Waals surface area contributed by atoms with E-state index in [4.69, 9.17) is 0 Å². The lowest BCUT2D eigenvalue weighted by Gasteiger charge is -2.20. The van der Waals surface area contributed by atoms with Crippen LogP contribution in [0, 0.1) is 0 Å². The Kier molecular flexibility index (Phi) is 4.95. The summed E-state index contributed by atoms with van der Waals surface area (Å²) in [5, 5.41) is 2.93. The van der Waals surface area contributed by atoms with Gasteiger partial charge in [0, 0.05) is 6.26 Å². The number of aryl methyl sites for hydroxylation is 2. The summed E-state index contributed by atoms with van der Waals surface area (Å²) in [5.41, 5.74) is 4.00. The highest BCUT2D eigenvalue weighted by Crippen LogP contribution is 2.25. The summed E-state index contributed by atoms with van der Waals surface area (Å²) in [5.74, 6) is -0.369. The van der Waals surface area contributed by atoms with Gasteiger partial charge in [-0.25, -0.2) is 8.42 Å². The molecule has 132 valence electrons. The summed E-state index contributed by atoms with van der Waals surface area (Å²) in [4.78, 5) is 12.7. The Morgan fingerprint density at radius 3 is 2.44 bits per heavy atom. The van der Waals surface area contributed by atoms with Crippen molar-refractivity contribution in [3.63, 3.8) is 0 Å². The van der Waals surface area contributed by atoms with Gasteiger partial charge in [0.25, 0.3) is 5.91 Å². The first kappa shape index (κ1) is 17.7. The van der Waals surface area contributed by atoms with Crippen molar-refractivity contribution < 1.29 is 13.2 Å². The largest absolute Gasteiger partial charge is 0.345 e. The molecule has 1 atom stereocenters. The smallest absolute Gasteiger partial charge is 0.253 e. The highest BCUT2D eigenvalue weighted by Gasteiger charge is 2.20. The van der Waals surface area contributed by atoms with Crippen LogP contribution in [0.4, 0.5) is 0 Å². The molecule has 0 bridgehead atoms. The molecule has 1 N–H and O–H groups in total. The Labute approximate surface area is 149 Å². The molecule has 1 aliphatic rings. The number of hydrogen-bond donors (Lipinski definition) is 1. The van der Waals surface area contributed by atoms with Gasteiger partial charge in [-0.2, -0.15) is 0 Å². The standard InChI is InChI=1S/C20H23NO3S/c1-14(16-12-11-15-7-3-4-8-17(15)13-16)21-20(22)18-9-5-6-10-19(18)25(2,23)24/h5-6,9-14H,3-4,7-8H2,1-2H3,(H,21,22)/t14-/m0/s1. The molecule has 0 radical (unpaired) electrons.